The molecule has 1 saturated carbocycles. The lowest BCUT2D eigenvalue weighted by Crippen LogP contribution is -2.60. The molecular formula is C33H24Cl3FN2O6. The van der Waals surface area contributed by atoms with Crippen molar-refractivity contribution in [1.82, 2.24) is 0 Å². The van der Waals surface area contributed by atoms with Crippen LogP contribution in [0.25, 0.3) is 0 Å². The Morgan fingerprint density at radius 3 is 2.18 bits per heavy atom. The fraction of sp³-hybridized carbons (Fsp3) is 0.273. The van der Waals surface area contributed by atoms with Crippen LogP contribution in [0.2, 0.25) is 5.02 Å². The van der Waals surface area contributed by atoms with Gasteiger partial charge in [-0.15, -0.1) is 23.2 Å². The number of aromatic hydroxyl groups is 1. The summed E-state index contributed by atoms with van der Waals surface area (Å²) in [5.74, 6) is -6.54. The number of hydrogen-bond donors (Lipinski definition) is 1. The molecule has 3 fully saturated rings. The lowest BCUT2D eigenvalue weighted by Gasteiger charge is -2.50. The second-order valence-electron chi connectivity index (χ2n) is 11.7. The number of benzene rings is 3. The Balaban J connectivity index is 1.41. The van der Waals surface area contributed by atoms with Crippen LogP contribution in [0, 0.1) is 23.6 Å². The highest BCUT2D eigenvalue weighted by Gasteiger charge is 2.77. The van der Waals surface area contributed by atoms with Crippen molar-refractivity contribution < 1.29 is 33.4 Å². The Morgan fingerprint density at radius 1 is 0.867 bits per heavy atom. The maximum Gasteiger partial charge on any atom is 0.258 e. The number of allylic oxidation sites excluding steroid dienone is 2. The minimum Gasteiger partial charge on any atom is -0.508 e. The van der Waals surface area contributed by atoms with Gasteiger partial charge >= 0.3 is 0 Å². The van der Waals surface area contributed by atoms with Crippen molar-refractivity contribution in [2.45, 2.75) is 28.5 Å². The second-order valence-corrected chi connectivity index (χ2v) is 13.3. The van der Waals surface area contributed by atoms with Crippen LogP contribution in [0.5, 0.6) is 11.5 Å². The average molecular weight is 670 g/mol. The molecule has 2 saturated heterocycles. The maximum atomic E-state index is 14.4. The summed E-state index contributed by atoms with van der Waals surface area (Å²) in [6.07, 6.45) is 1.75. The summed E-state index contributed by atoms with van der Waals surface area (Å²) < 4.78 is 19.4. The molecule has 2 aliphatic carbocycles. The fourth-order valence-corrected chi connectivity index (χ4v) is 8.58. The zero-order valence-electron chi connectivity index (χ0n) is 23.5. The van der Waals surface area contributed by atoms with Gasteiger partial charge in [-0.1, -0.05) is 29.3 Å². The maximum absolute atomic E-state index is 14.4. The van der Waals surface area contributed by atoms with E-state index < -0.39 is 62.9 Å². The van der Waals surface area contributed by atoms with E-state index in [1.807, 2.05) is 0 Å². The monoisotopic (exact) mass is 668 g/mol. The summed E-state index contributed by atoms with van der Waals surface area (Å²) in [6, 6.07) is 15.4. The highest BCUT2D eigenvalue weighted by molar-refractivity contribution is 6.58. The van der Waals surface area contributed by atoms with E-state index in [2.05, 4.69) is 0 Å². The smallest absolute Gasteiger partial charge is 0.258 e. The van der Waals surface area contributed by atoms with Gasteiger partial charge in [-0.05, 0) is 73.4 Å². The van der Waals surface area contributed by atoms with Crippen molar-refractivity contribution >= 4 is 69.8 Å². The third-order valence-electron chi connectivity index (χ3n) is 9.51. The molecule has 0 spiro atoms. The zero-order valence-corrected chi connectivity index (χ0v) is 25.8. The highest BCUT2D eigenvalue weighted by Crippen LogP contribution is 2.66. The number of phenols is 1. The quantitative estimate of drug-likeness (QED) is 0.209. The lowest BCUT2D eigenvalue weighted by atomic mass is 9.56. The number of alkyl halides is 2. The molecule has 6 unspecified atom stereocenters. The fourth-order valence-electron chi connectivity index (χ4n) is 7.53. The average Bonchev–Trinajstić information content (AvgIpc) is 3.36. The highest BCUT2D eigenvalue weighted by atomic mass is 35.5. The zero-order chi connectivity index (χ0) is 32.0. The standard InChI is InChI=1S/C33H24Cl3FN2O6/c1-45-25-14-20(40)10-11-22(25)27-21-12-13-23-26(29(42)38(28(23)41)18-6-2-16(34)3-7-18)24(21)15-32(35)30(43)39(31(44)33(27,32)36)19-8-4-17(37)5-9-19/h2-12,14,23-24,26-27,40H,13,15H2,1H3. The Labute approximate surface area is 271 Å². The van der Waals surface area contributed by atoms with Gasteiger partial charge in [-0.2, -0.15) is 0 Å². The number of ether oxygens (including phenoxy) is 1. The van der Waals surface area contributed by atoms with Gasteiger partial charge in [-0.3, -0.25) is 24.1 Å². The minimum atomic E-state index is -2.12. The summed E-state index contributed by atoms with van der Waals surface area (Å²) in [5.41, 5.74) is 1.36. The molecule has 4 aliphatic rings. The van der Waals surface area contributed by atoms with Gasteiger partial charge in [-0.25, -0.2) is 9.29 Å². The van der Waals surface area contributed by atoms with Crippen LogP contribution in [-0.2, 0) is 19.2 Å². The Hall–Kier alpha value is -3.92. The molecule has 7 rings (SSSR count). The first-order valence-electron chi connectivity index (χ1n) is 14.1. The third-order valence-corrected chi connectivity index (χ3v) is 11.2. The second kappa shape index (κ2) is 10.3. The van der Waals surface area contributed by atoms with Crippen molar-refractivity contribution in [2.75, 3.05) is 16.9 Å². The van der Waals surface area contributed by atoms with E-state index in [4.69, 9.17) is 39.5 Å². The predicted molar refractivity (Wildman–Crippen MR) is 165 cm³/mol. The van der Waals surface area contributed by atoms with Gasteiger partial charge in [0.2, 0.25) is 11.8 Å². The number of methoxy groups -OCH3 is 1. The normalized spacial score (nSPS) is 30.6. The molecule has 2 heterocycles. The Morgan fingerprint density at radius 2 is 1.51 bits per heavy atom. The number of halogens is 4. The molecule has 230 valence electrons. The summed E-state index contributed by atoms with van der Waals surface area (Å²) in [4.78, 5) is 54.4. The molecule has 0 bridgehead atoms. The number of carbonyl (C=O) groups excluding carboxylic acids is 4. The van der Waals surface area contributed by atoms with Crippen LogP contribution in [0.15, 0.2) is 78.4 Å². The van der Waals surface area contributed by atoms with Gasteiger partial charge in [0.05, 0.1) is 30.3 Å². The van der Waals surface area contributed by atoms with Gasteiger partial charge in [0.15, 0.2) is 9.75 Å². The van der Waals surface area contributed by atoms with Crippen molar-refractivity contribution in [3.63, 3.8) is 0 Å². The molecule has 45 heavy (non-hydrogen) atoms. The molecule has 8 nitrogen and oxygen atoms in total. The number of phenolic OH excluding ortho intramolecular Hbond substituents is 1. The molecular weight excluding hydrogens is 646 g/mol. The number of carbonyl (C=O) groups is 4. The van der Waals surface area contributed by atoms with Crippen LogP contribution in [0.4, 0.5) is 15.8 Å². The SMILES string of the molecule is COc1cc(O)ccc1C1C2=CCC3C(=O)N(c4ccc(Cl)cc4)C(=O)C3C2CC2(Cl)C(=O)N(c3ccc(F)cc3)C(=O)C12Cl. The number of hydrogen-bond acceptors (Lipinski definition) is 6. The van der Waals surface area contributed by atoms with Gasteiger partial charge in [0, 0.05) is 22.6 Å². The minimum absolute atomic E-state index is 0.0770. The molecule has 6 atom stereocenters. The first-order valence-corrected chi connectivity index (χ1v) is 15.3. The molecule has 4 amide bonds. The van der Waals surface area contributed by atoms with E-state index in [-0.39, 0.29) is 30.0 Å². The first-order chi connectivity index (χ1) is 21.4. The Bertz CT molecular complexity index is 1830. The summed E-state index contributed by atoms with van der Waals surface area (Å²) in [7, 11) is 1.38. The third kappa shape index (κ3) is 4.03. The summed E-state index contributed by atoms with van der Waals surface area (Å²) in [6.45, 7) is 0. The molecule has 3 aromatic carbocycles. The number of anilines is 2. The van der Waals surface area contributed by atoms with Gasteiger partial charge in [0.25, 0.3) is 11.8 Å². The van der Waals surface area contributed by atoms with Crippen LogP contribution in [0.3, 0.4) is 0 Å². The largest absolute Gasteiger partial charge is 0.508 e. The van der Waals surface area contributed by atoms with Crippen LogP contribution >= 0.6 is 34.8 Å². The number of nitrogens with zero attached hydrogens (tertiary/aromatic N) is 2. The van der Waals surface area contributed by atoms with Gasteiger partial charge in [0.1, 0.15) is 17.3 Å². The van der Waals surface area contributed by atoms with Crippen LogP contribution in [-0.4, -0.2) is 45.6 Å². The van der Waals surface area contributed by atoms with Crippen LogP contribution in [0.1, 0.15) is 24.3 Å². The summed E-state index contributed by atoms with van der Waals surface area (Å²) >= 11 is 20.8. The Kier molecular flexibility index (Phi) is 6.82. The number of amides is 4. The van der Waals surface area contributed by atoms with E-state index in [1.165, 1.54) is 37.4 Å². The van der Waals surface area contributed by atoms with E-state index in [0.29, 0.717) is 21.8 Å². The van der Waals surface area contributed by atoms with E-state index in [1.54, 1.807) is 30.3 Å². The topological polar surface area (TPSA) is 104 Å². The van der Waals surface area contributed by atoms with E-state index in [9.17, 15) is 28.7 Å². The molecule has 3 aromatic rings. The van der Waals surface area contributed by atoms with Crippen molar-refractivity contribution in [3.8, 4) is 11.5 Å². The molecule has 2 aliphatic heterocycles. The van der Waals surface area contributed by atoms with Gasteiger partial charge < -0.3 is 9.84 Å². The molecule has 12 heteroatoms. The number of rotatable bonds is 4. The molecule has 1 N–H and O–H groups in total. The van der Waals surface area contributed by atoms with E-state index >= 15 is 0 Å². The number of imide groups is 2. The molecule has 0 aromatic heterocycles. The first kappa shape index (κ1) is 29.8. The predicted octanol–water partition coefficient (Wildman–Crippen LogP) is 5.96. The van der Waals surface area contributed by atoms with Crippen molar-refractivity contribution in [2.24, 2.45) is 17.8 Å². The van der Waals surface area contributed by atoms with Crippen LogP contribution < -0.4 is 14.5 Å². The van der Waals surface area contributed by atoms with Crippen molar-refractivity contribution in [1.29, 1.82) is 0 Å². The lowest BCUT2D eigenvalue weighted by molar-refractivity contribution is -0.125. The molecule has 0 radical (unpaired) electrons. The number of fused-ring (bicyclic) bond motifs is 4. The summed E-state index contributed by atoms with van der Waals surface area (Å²) in [5, 5.41) is 10.7. The van der Waals surface area contributed by atoms with Crippen molar-refractivity contribution in [3.05, 3.63) is 94.8 Å². The van der Waals surface area contributed by atoms with E-state index in [0.717, 1.165) is 21.9 Å².